The summed E-state index contributed by atoms with van der Waals surface area (Å²) in [6.07, 6.45) is 0. The van der Waals surface area contributed by atoms with Crippen molar-refractivity contribution in [1.82, 2.24) is 16.0 Å². The lowest BCUT2D eigenvalue weighted by Gasteiger charge is -2.16. The first-order valence-corrected chi connectivity index (χ1v) is 3.91. The lowest BCUT2D eigenvalue weighted by Crippen LogP contribution is -2.37. The fourth-order valence-corrected chi connectivity index (χ4v) is 1.55. The molecular formula is C7H20Cl3N3. The van der Waals surface area contributed by atoms with Crippen molar-refractivity contribution in [3.05, 3.63) is 0 Å². The largest absolute Gasteiger partial charge is 0.319 e. The van der Waals surface area contributed by atoms with E-state index in [0.717, 1.165) is 25.6 Å². The molecule has 1 rings (SSSR count). The highest BCUT2D eigenvalue weighted by Gasteiger charge is 2.24. The SMILES string of the molecule is CNCC1CNCC1NC.Cl.Cl.Cl. The van der Waals surface area contributed by atoms with Crippen LogP contribution in [-0.4, -0.2) is 39.8 Å². The van der Waals surface area contributed by atoms with Crippen molar-refractivity contribution in [3.63, 3.8) is 0 Å². The van der Waals surface area contributed by atoms with Crippen LogP contribution < -0.4 is 16.0 Å². The number of rotatable bonds is 3. The van der Waals surface area contributed by atoms with E-state index in [1.54, 1.807) is 0 Å². The van der Waals surface area contributed by atoms with E-state index < -0.39 is 0 Å². The summed E-state index contributed by atoms with van der Waals surface area (Å²) in [6.45, 7) is 3.37. The molecule has 1 saturated heterocycles. The Morgan fingerprint density at radius 2 is 1.77 bits per heavy atom. The fourth-order valence-electron chi connectivity index (χ4n) is 1.55. The number of likely N-dealkylation sites (N-methyl/N-ethyl adjacent to an activating group) is 1. The van der Waals surface area contributed by atoms with Crippen molar-refractivity contribution in [2.24, 2.45) is 5.92 Å². The summed E-state index contributed by atoms with van der Waals surface area (Å²) in [5, 5.41) is 9.85. The van der Waals surface area contributed by atoms with E-state index in [2.05, 4.69) is 16.0 Å². The van der Waals surface area contributed by atoms with Gasteiger partial charge in [-0.2, -0.15) is 0 Å². The lowest BCUT2D eigenvalue weighted by molar-refractivity contribution is 0.439. The van der Waals surface area contributed by atoms with Crippen LogP contribution in [-0.2, 0) is 0 Å². The normalized spacial score (nSPS) is 25.4. The topological polar surface area (TPSA) is 36.1 Å². The maximum Gasteiger partial charge on any atom is 0.0241 e. The molecular weight excluding hydrogens is 232 g/mol. The molecule has 0 spiro atoms. The van der Waals surface area contributed by atoms with Crippen molar-refractivity contribution < 1.29 is 0 Å². The minimum atomic E-state index is 0. The molecule has 0 aromatic rings. The van der Waals surface area contributed by atoms with Crippen LogP contribution in [0, 0.1) is 5.92 Å². The first-order chi connectivity index (χ1) is 4.88. The second kappa shape index (κ2) is 10.8. The Kier molecular flexibility index (Phi) is 16.1. The zero-order valence-electron chi connectivity index (χ0n) is 8.00. The first-order valence-electron chi connectivity index (χ1n) is 3.91. The molecule has 0 bridgehead atoms. The molecule has 1 heterocycles. The predicted molar refractivity (Wildman–Crippen MR) is 64.9 cm³/mol. The Morgan fingerprint density at radius 3 is 2.23 bits per heavy atom. The molecule has 2 unspecified atom stereocenters. The van der Waals surface area contributed by atoms with Gasteiger partial charge in [-0.15, -0.1) is 37.2 Å². The summed E-state index contributed by atoms with van der Waals surface area (Å²) < 4.78 is 0. The van der Waals surface area contributed by atoms with Gasteiger partial charge in [-0.05, 0) is 14.1 Å². The van der Waals surface area contributed by atoms with Gasteiger partial charge in [0.15, 0.2) is 0 Å². The molecule has 6 heteroatoms. The summed E-state index contributed by atoms with van der Waals surface area (Å²) in [4.78, 5) is 0. The number of nitrogens with one attached hydrogen (secondary N) is 3. The van der Waals surface area contributed by atoms with Crippen molar-refractivity contribution >= 4 is 37.2 Å². The Morgan fingerprint density at radius 1 is 1.15 bits per heavy atom. The van der Waals surface area contributed by atoms with Crippen LogP contribution in [0.5, 0.6) is 0 Å². The quantitative estimate of drug-likeness (QED) is 0.675. The molecule has 1 fully saturated rings. The number of hydrogen-bond donors (Lipinski definition) is 3. The molecule has 2 atom stereocenters. The van der Waals surface area contributed by atoms with Crippen LogP contribution in [0.25, 0.3) is 0 Å². The second-order valence-corrected chi connectivity index (χ2v) is 2.87. The van der Waals surface area contributed by atoms with E-state index in [-0.39, 0.29) is 37.2 Å². The van der Waals surface area contributed by atoms with E-state index in [1.807, 2.05) is 14.1 Å². The maximum atomic E-state index is 3.36. The molecule has 0 amide bonds. The summed E-state index contributed by atoms with van der Waals surface area (Å²) in [6, 6.07) is 0.660. The minimum absolute atomic E-state index is 0. The highest BCUT2D eigenvalue weighted by atomic mass is 35.5. The van der Waals surface area contributed by atoms with Crippen LogP contribution >= 0.6 is 37.2 Å². The average molecular weight is 253 g/mol. The van der Waals surface area contributed by atoms with Crippen molar-refractivity contribution in [2.45, 2.75) is 6.04 Å². The van der Waals surface area contributed by atoms with Crippen LogP contribution in [0.4, 0.5) is 0 Å². The van der Waals surface area contributed by atoms with Gasteiger partial charge < -0.3 is 16.0 Å². The van der Waals surface area contributed by atoms with Crippen molar-refractivity contribution in [2.75, 3.05) is 33.7 Å². The van der Waals surface area contributed by atoms with Gasteiger partial charge in [-0.3, -0.25) is 0 Å². The molecule has 0 aliphatic carbocycles. The lowest BCUT2D eigenvalue weighted by atomic mass is 10.0. The third-order valence-electron chi connectivity index (χ3n) is 2.18. The number of hydrogen-bond acceptors (Lipinski definition) is 3. The average Bonchev–Trinajstić information content (AvgIpc) is 2.36. The Labute approximate surface area is 99.0 Å². The zero-order chi connectivity index (χ0) is 7.40. The van der Waals surface area contributed by atoms with Gasteiger partial charge in [0.2, 0.25) is 0 Å². The second-order valence-electron chi connectivity index (χ2n) is 2.87. The number of halogens is 3. The Balaban J connectivity index is -0.000000333. The molecule has 84 valence electrons. The first kappa shape index (κ1) is 19.3. The van der Waals surface area contributed by atoms with Crippen LogP contribution in [0.2, 0.25) is 0 Å². The Hall–Kier alpha value is 0.750. The standard InChI is InChI=1S/C7H17N3.3ClH/c1-8-3-6-4-10-5-7(6)9-2;;;/h6-10H,3-5H2,1-2H3;3*1H. The van der Waals surface area contributed by atoms with Crippen LogP contribution in [0.1, 0.15) is 0 Å². The molecule has 13 heavy (non-hydrogen) atoms. The third-order valence-corrected chi connectivity index (χ3v) is 2.18. The Bertz CT molecular complexity index is 105. The van der Waals surface area contributed by atoms with Gasteiger partial charge in [0.05, 0.1) is 0 Å². The molecule has 0 saturated carbocycles. The fraction of sp³-hybridized carbons (Fsp3) is 1.00. The van der Waals surface area contributed by atoms with E-state index >= 15 is 0 Å². The van der Waals surface area contributed by atoms with Crippen LogP contribution in [0.3, 0.4) is 0 Å². The summed E-state index contributed by atoms with van der Waals surface area (Å²) in [5.41, 5.74) is 0. The van der Waals surface area contributed by atoms with Crippen molar-refractivity contribution in [1.29, 1.82) is 0 Å². The van der Waals surface area contributed by atoms with E-state index in [0.29, 0.717) is 6.04 Å². The van der Waals surface area contributed by atoms with Gasteiger partial charge >= 0.3 is 0 Å². The summed E-state index contributed by atoms with van der Waals surface area (Å²) in [5.74, 6) is 0.759. The smallest absolute Gasteiger partial charge is 0.0241 e. The highest BCUT2D eigenvalue weighted by Crippen LogP contribution is 2.06. The third kappa shape index (κ3) is 5.94. The van der Waals surface area contributed by atoms with E-state index in [4.69, 9.17) is 0 Å². The molecule has 3 N–H and O–H groups in total. The molecule has 1 aliphatic heterocycles. The monoisotopic (exact) mass is 251 g/mol. The molecule has 0 aromatic heterocycles. The van der Waals surface area contributed by atoms with Gasteiger partial charge in [0.25, 0.3) is 0 Å². The summed E-state index contributed by atoms with van der Waals surface area (Å²) >= 11 is 0. The maximum absolute atomic E-state index is 3.36. The van der Waals surface area contributed by atoms with Gasteiger partial charge in [0, 0.05) is 31.6 Å². The minimum Gasteiger partial charge on any atom is -0.319 e. The predicted octanol–water partition coefficient (Wildman–Crippen LogP) is 0.279. The van der Waals surface area contributed by atoms with Crippen LogP contribution in [0.15, 0.2) is 0 Å². The molecule has 1 aliphatic rings. The summed E-state index contributed by atoms with van der Waals surface area (Å²) in [7, 11) is 4.03. The van der Waals surface area contributed by atoms with E-state index in [9.17, 15) is 0 Å². The molecule has 0 aromatic carbocycles. The van der Waals surface area contributed by atoms with Gasteiger partial charge in [-0.25, -0.2) is 0 Å². The van der Waals surface area contributed by atoms with Gasteiger partial charge in [-0.1, -0.05) is 0 Å². The highest BCUT2D eigenvalue weighted by molar-refractivity contribution is 5.86. The van der Waals surface area contributed by atoms with Gasteiger partial charge in [0.1, 0.15) is 0 Å². The molecule has 3 nitrogen and oxygen atoms in total. The zero-order valence-corrected chi connectivity index (χ0v) is 10.5. The van der Waals surface area contributed by atoms with E-state index in [1.165, 1.54) is 0 Å². The van der Waals surface area contributed by atoms with Crippen molar-refractivity contribution in [3.8, 4) is 0 Å². The molecule has 0 radical (unpaired) electrons.